The van der Waals surface area contributed by atoms with Crippen LogP contribution in [-0.4, -0.2) is 19.9 Å². The molecular formula is C14H18BrN3O. The molecule has 1 unspecified atom stereocenters. The van der Waals surface area contributed by atoms with Gasteiger partial charge in [0.15, 0.2) is 0 Å². The zero-order valence-electron chi connectivity index (χ0n) is 11.2. The highest BCUT2D eigenvalue weighted by atomic mass is 79.9. The van der Waals surface area contributed by atoms with Gasteiger partial charge in [-0.2, -0.15) is 5.10 Å². The molecule has 0 aliphatic carbocycles. The lowest BCUT2D eigenvalue weighted by atomic mass is 10.1. The maximum Gasteiger partial charge on any atom is 0.0860 e. The summed E-state index contributed by atoms with van der Waals surface area (Å²) < 4.78 is 2.83. The second kappa shape index (κ2) is 6.30. The molecule has 2 rings (SSSR count). The number of nitrogens with zero attached hydrogens (tertiary/aromatic N) is 3. The summed E-state index contributed by atoms with van der Waals surface area (Å²) in [6, 6.07) is 3.96. The standard InChI is InChI=1S/C14H18BrN3O/c1-3-12-6-13(18(4-2)17-12)7-14(19)10-5-11(15)9-16-8-10/h5-6,8-9,14,19H,3-4,7H2,1-2H3. The Kier molecular flexibility index (Phi) is 4.71. The molecule has 0 radical (unpaired) electrons. The molecule has 0 spiro atoms. The summed E-state index contributed by atoms with van der Waals surface area (Å²) in [5.74, 6) is 0. The topological polar surface area (TPSA) is 50.9 Å². The average Bonchev–Trinajstić information content (AvgIpc) is 2.81. The third-order valence-electron chi connectivity index (χ3n) is 3.09. The third-order valence-corrected chi connectivity index (χ3v) is 3.52. The molecule has 4 nitrogen and oxygen atoms in total. The molecule has 0 bridgehead atoms. The van der Waals surface area contributed by atoms with Crippen molar-refractivity contribution in [1.29, 1.82) is 0 Å². The van der Waals surface area contributed by atoms with Crippen LogP contribution < -0.4 is 0 Å². The van der Waals surface area contributed by atoms with Gasteiger partial charge in [-0.3, -0.25) is 9.67 Å². The summed E-state index contributed by atoms with van der Waals surface area (Å²) in [7, 11) is 0. The van der Waals surface area contributed by atoms with Crippen LogP contribution in [0.3, 0.4) is 0 Å². The van der Waals surface area contributed by atoms with Crippen LogP contribution in [0.4, 0.5) is 0 Å². The summed E-state index contributed by atoms with van der Waals surface area (Å²) in [6.45, 7) is 4.96. The first-order chi connectivity index (χ1) is 9.13. The van der Waals surface area contributed by atoms with Gasteiger partial charge in [-0.05, 0) is 41.4 Å². The Morgan fingerprint density at radius 1 is 1.32 bits per heavy atom. The zero-order chi connectivity index (χ0) is 13.8. The van der Waals surface area contributed by atoms with Gasteiger partial charge in [0.1, 0.15) is 0 Å². The maximum absolute atomic E-state index is 10.3. The molecule has 0 aliphatic heterocycles. The number of pyridine rings is 1. The van der Waals surface area contributed by atoms with Crippen molar-refractivity contribution in [2.24, 2.45) is 0 Å². The number of aliphatic hydroxyl groups is 1. The van der Waals surface area contributed by atoms with Crippen LogP contribution in [0.25, 0.3) is 0 Å². The molecule has 2 heterocycles. The van der Waals surface area contributed by atoms with Gasteiger partial charge in [0, 0.05) is 41.1 Å². The summed E-state index contributed by atoms with van der Waals surface area (Å²) in [5.41, 5.74) is 2.94. The number of aliphatic hydroxyl groups excluding tert-OH is 1. The molecule has 0 aliphatic rings. The first-order valence-electron chi connectivity index (χ1n) is 6.48. The fourth-order valence-corrected chi connectivity index (χ4v) is 2.43. The number of aromatic nitrogens is 3. The Morgan fingerprint density at radius 3 is 2.74 bits per heavy atom. The zero-order valence-corrected chi connectivity index (χ0v) is 12.8. The van der Waals surface area contributed by atoms with Crippen molar-refractivity contribution >= 4 is 15.9 Å². The van der Waals surface area contributed by atoms with E-state index in [0.29, 0.717) is 6.42 Å². The quantitative estimate of drug-likeness (QED) is 0.920. The molecule has 0 aromatic carbocycles. The molecular weight excluding hydrogens is 306 g/mol. The molecule has 2 aromatic heterocycles. The fraction of sp³-hybridized carbons (Fsp3) is 0.429. The van der Waals surface area contributed by atoms with Crippen LogP contribution in [0.1, 0.15) is 36.9 Å². The Balaban J connectivity index is 2.18. The lowest BCUT2D eigenvalue weighted by Gasteiger charge is -2.11. The molecule has 0 amide bonds. The van der Waals surface area contributed by atoms with Crippen LogP contribution in [0.5, 0.6) is 0 Å². The van der Waals surface area contributed by atoms with Gasteiger partial charge >= 0.3 is 0 Å². The van der Waals surface area contributed by atoms with Crippen LogP contribution in [0.15, 0.2) is 29.0 Å². The molecule has 5 heteroatoms. The van der Waals surface area contributed by atoms with E-state index in [0.717, 1.165) is 34.4 Å². The van der Waals surface area contributed by atoms with E-state index in [4.69, 9.17) is 0 Å². The van der Waals surface area contributed by atoms with Crippen LogP contribution in [0.2, 0.25) is 0 Å². The van der Waals surface area contributed by atoms with Crippen molar-refractivity contribution in [1.82, 2.24) is 14.8 Å². The van der Waals surface area contributed by atoms with E-state index in [1.54, 1.807) is 12.4 Å². The SMILES string of the molecule is CCc1cc(CC(O)c2cncc(Br)c2)n(CC)n1. The van der Waals surface area contributed by atoms with Crippen molar-refractivity contribution in [3.63, 3.8) is 0 Å². The van der Waals surface area contributed by atoms with Crippen molar-refractivity contribution < 1.29 is 5.11 Å². The minimum absolute atomic E-state index is 0.555. The van der Waals surface area contributed by atoms with Crippen molar-refractivity contribution in [2.45, 2.75) is 39.3 Å². The second-order valence-electron chi connectivity index (χ2n) is 4.45. The Hall–Kier alpha value is -1.20. The fourth-order valence-electron chi connectivity index (χ4n) is 2.05. The van der Waals surface area contributed by atoms with E-state index in [2.05, 4.69) is 45.9 Å². The summed E-state index contributed by atoms with van der Waals surface area (Å²) in [4.78, 5) is 4.08. The van der Waals surface area contributed by atoms with E-state index < -0.39 is 6.10 Å². The largest absolute Gasteiger partial charge is 0.388 e. The third kappa shape index (κ3) is 3.42. The van der Waals surface area contributed by atoms with Crippen LogP contribution in [0, 0.1) is 0 Å². The first-order valence-corrected chi connectivity index (χ1v) is 7.27. The summed E-state index contributed by atoms with van der Waals surface area (Å²) >= 11 is 3.37. The van der Waals surface area contributed by atoms with Gasteiger partial charge in [0.25, 0.3) is 0 Å². The Bertz CT molecular complexity index is 553. The second-order valence-corrected chi connectivity index (χ2v) is 5.37. The van der Waals surface area contributed by atoms with Crippen molar-refractivity contribution in [3.05, 3.63) is 46.0 Å². The van der Waals surface area contributed by atoms with Gasteiger partial charge in [-0.25, -0.2) is 0 Å². The summed E-state index contributed by atoms with van der Waals surface area (Å²) in [5, 5.41) is 14.8. The predicted octanol–water partition coefficient (Wildman–Crippen LogP) is 2.90. The number of aryl methyl sites for hydroxylation is 2. The van der Waals surface area contributed by atoms with E-state index in [1.165, 1.54) is 0 Å². The lowest BCUT2D eigenvalue weighted by Crippen LogP contribution is -2.08. The van der Waals surface area contributed by atoms with Crippen molar-refractivity contribution in [3.8, 4) is 0 Å². The van der Waals surface area contributed by atoms with Crippen LogP contribution in [-0.2, 0) is 19.4 Å². The monoisotopic (exact) mass is 323 g/mol. The van der Waals surface area contributed by atoms with E-state index in [9.17, 15) is 5.11 Å². The first kappa shape index (κ1) is 14.2. The highest BCUT2D eigenvalue weighted by molar-refractivity contribution is 9.10. The van der Waals surface area contributed by atoms with Gasteiger partial charge in [-0.15, -0.1) is 0 Å². The minimum atomic E-state index is -0.559. The number of hydrogen-bond donors (Lipinski definition) is 1. The molecule has 1 atom stereocenters. The normalized spacial score (nSPS) is 12.6. The average molecular weight is 324 g/mol. The molecule has 102 valence electrons. The van der Waals surface area contributed by atoms with Gasteiger partial charge in [0.2, 0.25) is 0 Å². The van der Waals surface area contributed by atoms with E-state index in [-0.39, 0.29) is 0 Å². The Labute approximate surface area is 121 Å². The highest BCUT2D eigenvalue weighted by Gasteiger charge is 2.14. The van der Waals surface area contributed by atoms with E-state index >= 15 is 0 Å². The number of rotatable bonds is 5. The molecule has 0 saturated heterocycles. The van der Waals surface area contributed by atoms with Gasteiger partial charge in [0.05, 0.1) is 11.8 Å². The molecule has 1 N–H and O–H groups in total. The molecule has 0 saturated carbocycles. The minimum Gasteiger partial charge on any atom is -0.388 e. The molecule has 19 heavy (non-hydrogen) atoms. The molecule has 0 fully saturated rings. The van der Waals surface area contributed by atoms with Gasteiger partial charge < -0.3 is 5.11 Å². The number of halogens is 1. The van der Waals surface area contributed by atoms with E-state index in [1.807, 2.05) is 10.7 Å². The van der Waals surface area contributed by atoms with Crippen LogP contribution >= 0.6 is 15.9 Å². The molecule has 2 aromatic rings. The highest BCUT2D eigenvalue weighted by Crippen LogP contribution is 2.21. The smallest absolute Gasteiger partial charge is 0.0860 e. The number of hydrogen-bond acceptors (Lipinski definition) is 3. The Morgan fingerprint density at radius 2 is 2.11 bits per heavy atom. The maximum atomic E-state index is 10.3. The predicted molar refractivity (Wildman–Crippen MR) is 77.9 cm³/mol. The lowest BCUT2D eigenvalue weighted by molar-refractivity contribution is 0.175. The summed E-state index contributed by atoms with van der Waals surface area (Å²) in [6.07, 6.45) is 4.31. The van der Waals surface area contributed by atoms with Gasteiger partial charge in [-0.1, -0.05) is 6.92 Å². The van der Waals surface area contributed by atoms with Crippen molar-refractivity contribution in [2.75, 3.05) is 0 Å².